The fourth-order valence-electron chi connectivity index (χ4n) is 1.99. The number of β-amino-alcohol motifs (C(OH)–C–C–N with tert-alkyl or cyclic N) is 1. The van der Waals surface area contributed by atoms with Crippen LogP contribution in [0, 0.1) is 0 Å². The molecule has 2 fully saturated rings. The summed E-state index contributed by atoms with van der Waals surface area (Å²) in [6.45, 7) is 1.88. The number of carbonyl (C=O) groups excluding carboxylic acids is 1. The van der Waals surface area contributed by atoms with Crippen LogP contribution in [-0.4, -0.2) is 53.9 Å². The van der Waals surface area contributed by atoms with Crippen LogP contribution in [0.4, 0.5) is 0 Å². The molecule has 2 rings (SSSR count). The second-order valence-corrected chi connectivity index (χ2v) is 4.15. The minimum atomic E-state index is -0.843. The van der Waals surface area contributed by atoms with Crippen LogP contribution in [0.2, 0.25) is 0 Å². The number of ether oxygens (including phenoxy) is 1. The summed E-state index contributed by atoms with van der Waals surface area (Å²) in [4.78, 5) is 13.6. The van der Waals surface area contributed by atoms with E-state index < -0.39 is 5.54 Å². The third-order valence-corrected chi connectivity index (χ3v) is 2.93. The highest BCUT2D eigenvalue weighted by Gasteiger charge is 2.42. The van der Waals surface area contributed by atoms with E-state index in [2.05, 4.69) is 0 Å². The van der Waals surface area contributed by atoms with Gasteiger partial charge in [0.05, 0.1) is 12.7 Å². The lowest BCUT2D eigenvalue weighted by Crippen LogP contribution is -2.55. The lowest BCUT2D eigenvalue weighted by atomic mass is 9.98. The molecule has 0 saturated carbocycles. The van der Waals surface area contributed by atoms with Gasteiger partial charge in [-0.15, -0.1) is 0 Å². The SMILES string of the molecule is NC1(C(=O)N2CC[C@H](O)C2)CCOC1. The first-order valence-electron chi connectivity index (χ1n) is 4.96. The van der Waals surface area contributed by atoms with E-state index in [1.807, 2.05) is 0 Å². The normalized spacial score (nSPS) is 37.9. The van der Waals surface area contributed by atoms with Gasteiger partial charge in [0.15, 0.2) is 0 Å². The fraction of sp³-hybridized carbons (Fsp3) is 0.889. The van der Waals surface area contributed by atoms with Crippen molar-refractivity contribution < 1.29 is 14.6 Å². The minimum Gasteiger partial charge on any atom is -0.391 e. The van der Waals surface area contributed by atoms with Gasteiger partial charge in [0, 0.05) is 19.7 Å². The molecule has 5 nitrogen and oxygen atoms in total. The van der Waals surface area contributed by atoms with Gasteiger partial charge < -0.3 is 20.5 Å². The quantitative estimate of drug-likeness (QED) is 0.551. The number of rotatable bonds is 1. The zero-order chi connectivity index (χ0) is 10.2. The van der Waals surface area contributed by atoms with Gasteiger partial charge in [-0.2, -0.15) is 0 Å². The number of likely N-dealkylation sites (tertiary alicyclic amines) is 1. The first-order valence-corrected chi connectivity index (χ1v) is 4.96. The predicted molar refractivity (Wildman–Crippen MR) is 49.6 cm³/mol. The minimum absolute atomic E-state index is 0.0773. The van der Waals surface area contributed by atoms with E-state index in [9.17, 15) is 9.90 Å². The molecule has 2 heterocycles. The van der Waals surface area contributed by atoms with Crippen molar-refractivity contribution in [1.29, 1.82) is 0 Å². The van der Waals surface area contributed by atoms with Gasteiger partial charge in [-0.1, -0.05) is 0 Å². The number of aliphatic hydroxyl groups is 1. The van der Waals surface area contributed by atoms with Crippen molar-refractivity contribution in [2.75, 3.05) is 26.3 Å². The Labute approximate surface area is 82.8 Å². The summed E-state index contributed by atoms with van der Waals surface area (Å²) in [7, 11) is 0. The molecule has 80 valence electrons. The lowest BCUT2D eigenvalue weighted by Gasteiger charge is -2.26. The summed E-state index contributed by atoms with van der Waals surface area (Å²) in [6, 6.07) is 0. The second-order valence-electron chi connectivity index (χ2n) is 4.15. The number of hydrogen-bond acceptors (Lipinski definition) is 4. The molecule has 0 aromatic carbocycles. The molecule has 2 atom stereocenters. The van der Waals surface area contributed by atoms with Crippen LogP contribution in [0.1, 0.15) is 12.8 Å². The standard InChI is InChI=1S/C9H16N2O3/c10-9(2-4-14-6-9)8(13)11-3-1-7(12)5-11/h7,12H,1-6,10H2/t7-,9?/m0/s1. The molecule has 0 aliphatic carbocycles. The summed E-state index contributed by atoms with van der Waals surface area (Å²) in [5, 5.41) is 9.31. The lowest BCUT2D eigenvalue weighted by molar-refractivity contribution is -0.136. The smallest absolute Gasteiger partial charge is 0.245 e. The van der Waals surface area contributed by atoms with Crippen molar-refractivity contribution in [3.63, 3.8) is 0 Å². The van der Waals surface area contributed by atoms with Crippen LogP contribution < -0.4 is 5.73 Å². The molecule has 2 aliphatic heterocycles. The van der Waals surface area contributed by atoms with Gasteiger partial charge in [-0.25, -0.2) is 0 Å². The predicted octanol–water partition coefficient (Wildman–Crippen LogP) is -1.30. The first-order chi connectivity index (χ1) is 6.62. The van der Waals surface area contributed by atoms with Crippen LogP contribution in [0.5, 0.6) is 0 Å². The van der Waals surface area contributed by atoms with E-state index in [1.54, 1.807) is 4.90 Å². The third kappa shape index (κ3) is 1.63. The van der Waals surface area contributed by atoms with Crippen LogP contribution in [0.25, 0.3) is 0 Å². The maximum Gasteiger partial charge on any atom is 0.245 e. The van der Waals surface area contributed by atoms with Crippen molar-refractivity contribution in [3.8, 4) is 0 Å². The summed E-state index contributed by atoms with van der Waals surface area (Å²) >= 11 is 0. The Morgan fingerprint density at radius 3 is 2.93 bits per heavy atom. The summed E-state index contributed by atoms with van der Waals surface area (Å²) in [6.07, 6.45) is 0.853. The largest absolute Gasteiger partial charge is 0.391 e. The Bertz CT molecular complexity index is 238. The molecule has 1 amide bonds. The van der Waals surface area contributed by atoms with Gasteiger partial charge in [0.2, 0.25) is 5.91 Å². The van der Waals surface area contributed by atoms with Crippen LogP contribution >= 0.6 is 0 Å². The van der Waals surface area contributed by atoms with Crippen molar-refractivity contribution in [1.82, 2.24) is 4.90 Å². The number of nitrogens with zero attached hydrogens (tertiary/aromatic N) is 1. The highest BCUT2D eigenvalue weighted by atomic mass is 16.5. The Balaban J connectivity index is 2.00. The highest BCUT2D eigenvalue weighted by molar-refractivity contribution is 5.86. The first kappa shape index (κ1) is 9.89. The van der Waals surface area contributed by atoms with Gasteiger partial charge in [0.1, 0.15) is 5.54 Å². The van der Waals surface area contributed by atoms with Crippen molar-refractivity contribution >= 4 is 5.91 Å². The van der Waals surface area contributed by atoms with Crippen molar-refractivity contribution in [2.45, 2.75) is 24.5 Å². The molecule has 5 heteroatoms. The van der Waals surface area contributed by atoms with Crippen molar-refractivity contribution in [2.24, 2.45) is 5.73 Å². The average Bonchev–Trinajstić information content (AvgIpc) is 2.74. The Hall–Kier alpha value is -0.650. The second kappa shape index (κ2) is 3.49. The zero-order valence-corrected chi connectivity index (χ0v) is 8.11. The number of aliphatic hydroxyl groups excluding tert-OH is 1. The van der Waals surface area contributed by atoms with E-state index in [4.69, 9.17) is 10.5 Å². The molecule has 3 N–H and O–H groups in total. The Morgan fingerprint density at radius 2 is 2.43 bits per heavy atom. The summed E-state index contributed by atoms with van der Waals surface area (Å²) in [5.41, 5.74) is 5.09. The van der Waals surface area contributed by atoms with Crippen LogP contribution in [0.15, 0.2) is 0 Å². The van der Waals surface area contributed by atoms with Gasteiger partial charge >= 0.3 is 0 Å². The van der Waals surface area contributed by atoms with E-state index in [1.165, 1.54) is 0 Å². The van der Waals surface area contributed by atoms with Gasteiger partial charge in [0.25, 0.3) is 0 Å². The van der Waals surface area contributed by atoms with E-state index in [0.717, 1.165) is 0 Å². The maximum atomic E-state index is 11.9. The third-order valence-electron chi connectivity index (χ3n) is 2.93. The van der Waals surface area contributed by atoms with E-state index in [0.29, 0.717) is 39.1 Å². The Kier molecular flexibility index (Phi) is 2.47. The van der Waals surface area contributed by atoms with Crippen molar-refractivity contribution in [3.05, 3.63) is 0 Å². The van der Waals surface area contributed by atoms with E-state index >= 15 is 0 Å². The fourth-order valence-corrected chi connectivity index (χ4v) is 1.99. The van der Waals surface area contributed by atoms with E-state index in [-0.39, 0.29) is 12.0 Å². The molecule has 0 aromatic heterocycles. The van der Waals surface area contributed by atoms with Gasteiger partial charge in [-0.05, 0) is 12.8 Å². The topological polar surface area (TPSA) is 75.8 Å². The summed E-state index contributed by atoms with van der Waals surface area (Å²) in [5.74, 6) is -0.0773. The molecule has 0 radical (unpaired) electrons. The molecule has 2 saturated heterocycles. The molecule has 2 aliphatic rings. The number of amides is 1. The molecule has 14 heavy (non-hydrogen) atoms. The number of carbonyl (C=O) groups is 1. The van der Waals surface area contributed by atoms with Crippen LogP contribution in [-0.2, 0) is 9.53 Å². The average molecular weight is 200 g/mol. The maximum absolute atomic E-state index is 11.9. The molecule has 0 bridgehead atoms. The Morgan fingerprint density at radius 1 is 1.64 bits per heavy atom. The zero-order valence-electron chi connectivity index (χ0n) is 8.11. The number of hydrogen-bond donors (Lipinski definition) is 2. The molecular formula is C9H16N2O3. The molecule has 0 spiro atoms. The highest BCUT2D eigenvalue weighted by Crippen LogP contribution is 2.21. The van der Waals surface area contributed by atoms with Gasteiger partial charge in [-0.3, -0.25) is 4.79 Å². The molecular weight excluding hydrogens is 184 g/mol. The number of nitrogens with two attached hydrogens (primary N) is 1. The van der Waals surface area contributed by atoms with Crippen LogP contribution in [0.3, 0.4) is 0 Å². The molecule has 0 aromatic rings. The summed E-state index contributed by atoms with van der Waals surface area (Å²) < 4.78 is 5.13. The molecule has 1 unspecified atom stereocenters. The monoisotopic (exact) mass is 200 g/mol.